The van der Waals surface area contributed by atoms with Crippen LogP contribution >= 0.6 is 39.1 Å². The van der Waals surface area contributed by atoms with Gasteiger partial charge in [-0.25, -0.2) is 0 Å². The topological polar surface area (TPSA) is 60.4 Å². The molecule has 0 aliphatic heterocycles. The summed E-state index contributed by atoms with van der Waals surface area (Å²) < 4.78 is 0.596. The number of quaternary nitrogens is 1. The first kappa shape index (κ1) is 21.2. The fraction of sp³-hybridized carbons (Fsp3) is 0.316. The molecule has 3 rings (SSSR count). The van der Waals surface area contributed by atoms with Crippen molar-refractivity contribution in [1.29, 1.82) is 0 Å². The Morgan fingerprint density at radius 2 is 1.88 bits per heavy atom. The Bertz CT molecular complexity index is 783. The number of hydrogen-bond donors (Lipinski definition) is 1. The van der Waals surface area contributed by atoms with E-state index in [0.717, 1.165) is 29.3 Å². The Labute approximate surface area is 171 Å². The summed E-state index contributed by atoms with van der Waals surface area (Å²) in [7, 11) is 0. The van der Waals surface area contributed by atoms with Crippen molar-refractivity contribution in [2.75, 3.05) is 6.54 Å². The first-order valence-corrected chi connectivity index (χ1v) is 9.78. The highest BCUT2D eigenvalue weighted by molar-refractivity contribution is 9.10. The Morgan fingerprint density at radius 1 is 1.23 bits per heavy atom. The van der Waals surface area contributed by atoms with Crippen molar-refractivity contribution < 1.29 is 9.90 Å². The maximum atomic E-state index is 14.0. The molecule has 0 saturated heterocycles. The molecule has 0 amide bonds. The Hall–Kier alpha value is -1.11. The van der Waals surface area contributed by atoms with Crippen LogP contribution in [0.5, 0.6) is 0 Å². The number of benzene rings is 2. The lowest BCUT2D eigenvalue weighted by molar-refractivity contribution is -0.122. The molecule has 4 nitrogen and oxygen atoms in total. The van der Waals surface area contributed by atoms with Crippen molar-refractivity contribution in [3.8, 4) is 0 Å². The maximum Gasteiger partial charge on any atom is 0.290 e. The fourth-order valence-electron chi connectivity index (χ4n) is 3.59. The van der Waals surface area contributed by atoms with E-state index in [4.69, 9.17) is 33.1 Å². The lowest BCUT2D eigenvalue weighted by atomic mass is 9.69. The predicted octanol–water partition coefficient (Wildman–Crippen LogP) is 6.36. The van der Waals surface area contributed by atoms with Crippen LogP contribution in [-0.4, -0.2) is 18.1 Å². The minimum absolute atomic E-state index is 0.250. The van der Waals surface area contributed by atoms with Crippen LogP contribution in [0.1, 0.15) is 31.7 Å². The van der Waals surface area contributed by atoms with Crippen LogP contribution in [0, 0.1) is 5.21 Å². The van der Waals surface area contributed by atoms with Crippen LogP contribution in [-0.2, 0) is 10.3 Å². The number of carbonyl (C=O) groups is 1. The lowest BCUT2D eigenvalue weighted by Crippen LogP contribution is -2.63. The summed E-state index contributed by atoms with van der Waals surface area (Å²) in [5.41, 5.74) is 1.30. The molecule has 0 radical (unpaired) electrons. The molecule has 7 heteroatoms. The zero-order valence-corrected chi connectivity index (χ0v) is 17.4. The van der Waals surface area contributed by atoms with Crippen molar-refractivity contribution >= 4 is 51.3 Å². The van der Waals surface area contributed by atoms with Gasteiger partial charge >= 0.3 is 0 Å². The van der Waals surface area contributed by atoms with Crippen LogP contribution in [0.3, 0.4) is 0 Å². The Balaban J connectivity index is 0.000000758. The van der Waals surface area contributed by atoms with Crippen LogP contribution in [0.15, 0.2) is 46.9 Å². The van der Waals surface area contributed by atoms with Gasteiger partial charge in [0.15, 0.2) is 0 Å². The number of halogens is 3. The van der Waals surface area contributed by atoms with E-state index in [1.807, 2.05) is 25.1 Å². The largest absolute Gasteiger partial charge is 0.627 e. The molecule has 1 unspecified atom stereocenters. The molecule has 0 aromatic heterocycles. The summed E-state index contributed by atoms with van der Waals surface area (Å²) in [5.74, 6) is 0. The first-order valence-electron chi connectivity index (χ1n) is 8.23. The average Bonchev–Trinajstić information content (AvgIpc) is 2.57. The molecule has 0 heterocycles. The van der Waals surface area contributed by atoms with E-state index < -0.39 is 10.2 Å². The van der Waals surface area contributed by atoms with Gasteiger partial charge in [0.1, 0.15) is 11.2 Å². The molecule has 0 spiro atoms. The highest BCUT2D eigenvalue weighted by Crippen LogP contribution is 2.53. The van der Waals surface area contributed by atoms with E-state index in [2.05, 4.69) is 28.1 Å². The summed E-state index contributed by atoms with van der Waals surface area (Å²) in [6.45, 7) is 2.14. The quantitative estimate of drug-likeness (QED) is 0.328. The van der Waals surface area contributed by atoms with Gasteiger partial charge < -0.3 is 15.0 Å². The van der Waals surface area contributed by atoms with Crippen LogP contribution in [0.4, 0.5) is 5.69 Å². The molecule has 1 N–H and O–H groups in total. The van der Waals surface area contributed by atoms with Gasteiger partial charge in [-0.2, -0.15) is 0 Å². The summed E-state index contributed by atoms with van der Waals surface area (Å²) in [5, 5.41) is 21.8. The fourth-order valence-corrected chi connectivity index (χ4v) is 4.28. The smallest absolute Gasteiger partial charge is 0.290 e. The number of hydroxylamine groups is 2. The normalized spacial score (nSPS) is 17.3. The van der Waals surface area contributed by atoms with Crippen molar-refractivity contribution in [2.24, 2.45) is 0 Å². The zero-order valence-electron chi connectivity index (χ0n) is 14.3. The van der Waals surface area contributed by atoms with Gasteiger partial charge in [0, 0.05) is 35.0 Å². The maximum absolute atomic E-state index is 14.0. The van der Waals surface area contributed by atoms with Gasteiger partial charge in [0.05, 0.1) is 16.6 Å². The zero-order chi connectivity index (χ0) is 19.4. The molecule has 1 fully saturated rings. The summed E-state index contributed by atoms with van der Waals surface area (Å²) >= 11 is 15.7. The molecule has 1 aliphatic rings. The third-order valence-electron chi connectivity index (χ3n) is 5.00. The second kappa shape index (κ2) is 8.72. The summed E-state index contributed by atoms with van der Waals surface area (Å²) in [4.78, 5) is 8.36. The monoisotopic (exact) mass is 459 g/mol. The van der Waals surface area contributed by atoms with Crippen LogP contribution < -0.4 is 4.65 Å². The number of hydrogen-bond acceptors (Lipinski definition) is 2. The minimum atomic E-state index is -0.449. The van der Waals surface area contributed by atoms with Gasteiger partial charge in [-0.05, 0) is 31.5 Å². The standard InChI is InChI=1S/C18H18BrCl2NO.CH2O2/c1-2-22(23,15-7-8-16(20)17(21)12-15)18(9-4-10-18)13-5-3-6-14(19)11-13;2-1-3/h3,5-8,11-12H,2,4,9-10H2,1H3;1H,(H,2,3). The van der Waals surface area contributed by atoms with Gasteiger partial charge in [-0.3, -0.25) is 4.79 Å². The van der Waals surface area contributed by atoms with E-state index >= 15 is 0 Å². The van der Waals surface area contributed by atoms with Crippen LogP contribution in [0.25, 0.3) is 0 Å². The van der Waals surface area contributed by atoms with E-state index in [-0.39, 0.29) is 6.47 Å². The average molecular weight is 461 g/mol. The molecule has 1 saturated carbocycles. The summed E-state index contributed by atoms with van der Waals surface area (Å²) in [6.07, 6.45) is 2.82. The number of rotatable bonds is 4. The second-order valence-corrected chi connectivity index (χ2v) is 7.89. The van der Waals surface area contributed by atoms with Crippen LogP contribution in [0.2, 0.25) is 10.0 Å². The van der Waals surface area contributed by atoms with Gasteiger partial charge in [-0.15, -0.1) is 0 Å². The third kappa shape index (κ3) is 3.78. The number of carboxylic acid groups (broad SMARTS) is 1. The van der Waals surface area contributed by atoms with Crippen molar-refractivity contribution in [2.45, 2.75) is 31.7 Å². The molecule has 2 aromatic rings. The molecule has 140 valence electrons. The number of nitrogens with zero attached hydrogens (tertiary/aromatic N) is 1. The molecule has 1 atom stereocenters. The summed E-state index contributed by atoms with van der Waals surface area (Å²) in [6, 6.07) is 13.3. The van der Waals surface area contributed by atoms with E-state index in [1.54, 1.807) is 12.1 Å². The highest BCUT2D eigenvalue weighted by Gasteiger charge is 2.52. The Kier molecular flexibility index (Phi) is 7.11. The predicted molar refractivity (Wildman–Crippen MR) is 111 cm³/mol. The van der Waals surface area contributed by atoms with Gasteiger partial charge in [0.2, 0.25) is 0 Å². The second-order valence-electron chi connectivity index (χ2n) is 6.16. The molecular weight excluding hydrogens is 441 g/mol. The van der Waals surface area contributed by atoms with E-state index in [1.165, 1.54) is 0 Å². The lowest BCUT2D eigenvalue weighted by Gasteiger charge is -2.60. The van der Waals surface area contributed by atoms with E-state index in [0.29, 0.717) is 22.3 Å². The third-order valence-corrected chi connectivity index (χ3v) is 6.23. The molecule has 26 heavy (non-hydrogen) atoms. The highest BCUT2D eigenvalue weighted by atomic mass is 79.9. The van der Waals surface area contributed by atoms with E-state index in [9.17, 15) is 5.21 Å². The minimum Gasteiger partial charge on any atom is -0.627 e. The molecular formula is C19H20BrCl2NO3. The molecule has 2 aromatic carbocycles. The van der Waals surface area contributed by atoms with Crippen molar-refractivity contribution in [3.05, 3.63) is 67.8 Å². The first-order chi connectivity index (χ1) is 12.3. The SMILES string of the molecule is CC[N+]([O-])(c1ccc(Cl)c(Cl)c1)C1(c2cccc(Br)c2)CCC1.O=CO. The van der Waals surface area contributed by atoms with Crippen molar-refractivity contribution in [3.63, 3.8) is 0 Å². The molecule has 0 bridgehead atoms. The van der Waals surface area contributed by atoms with Gasteiger partial charge in [-0.1, -0.05) is 51.3 Å². The van der Waals surface area contributed by atoms with Crippen molar-refractivity contribution in [1.82, 2.24) is 4.65 Å². The molecule has 1 aliphatic carbocycles. The van der Waals surface area contributed by atoms with Gasteiger partial charge in [0.25, 0.3) is 6.47 Å². The Morgan fingerprint density at radius 3 is 2.35 bits per heavy atom.